The third kappa shape index (κ3) is 3.26. The zero-order valence-corrected chi connectivity index (χ0v) is 20.4. The first kappa shape index (κ1) is 24.2. The standard InChI is InChI=1S/C26H40O5/c1-14(2)9-10-25-12-18-23(5,6)17(24(7,8)31)13-26(18,22(25)30)21(29)19(20(25)28)16(27)11-15(3)4/h9,15,17-18,22,28,30-31H,10-13H2,1-8H3/t17-,18+,22?,25?,26-/m0/s1. The maximum atomic E-state index is 14.0. The molecule has 3 rings (SSSR count). The molecule has 1 spiro atoms. The summed E-state index contributed by atoms with van der Waals surface area (Å²) in [5, 5.41) is 34.1. The summed E-state index contributed by atoms with van der Waals surface area (Å²) in [7, 11) is 0. The van der Waals surface area contributed by atoms with Crippen LogP contribution in [0.25, 0.3) is 0 Å². The monoisotopic (exact) mass is 432 g/mol. The average molecular weight is 433 g/mol. The largest absolute Gasteiger partial charge is 0.511 e. The van der Waals surface area contributed by atoms with E-state index in [1.165, 1.54) is 0 Å². The number of ketones is 2. The lowest BCUT2D eigenvalue weighted by Crippen LogP contribution is -2.53. The van der Waals surface area contributed by atoms with E-state index in [-0.39, 0.29) is 41.3 Å². The number of Topliss-reactive ketones (excluding diaryl/α,β-unsaturated/α-hetero) is 2. The van der Waals surface area contributed by atoms with Gasteiger partial charge in [-0.05, 0) is 70.1 Å². The second kappa shape index (κ2) is 7.28. The van der Waals surface area contributed by atoms with Crippen molar-refractivity contribution >= 4 is 11.6 Å². The Morgan fingerprint density at radius 3 is 2.29 bits per heavy atom. The molecule has 3 N–H and O–H groups in total. The minimum absolute atomic E-state index is 0.0521. The van der Waals surface area contributed by atoms with Crippen LogP contribution in [0.1, 0.15) is 81.1 Å². The van der Waals surface area contributed by atoms with Crippen LogP contribution in [-0.2, 0) is 9.59 Å². The van der Waals surface area contributed by atoms with Crippen molar-refractivity contribution in [2.75, 3.05) is 0 Å². The van der Waals surface area contributed by atoms with Gasteiger partial charge < -0.3 is 15.3 Å². The maximum absolute atomic E-state index is 14.0. The van der Waals surface area contributed by atoms with E-state index in [0.717, 1.165) is 5.57 Å². The first-order chi connectivity index (χ1) is 14.0. The van der Waals surface area contributed by atoms with Gasteiger partial charge in [-0.1, -0.05) is 39.3 Å². The topological polar surface area (TPSA) is 94.8 Å². The van der Waals surface area contributed by atoms with Crippen LogP contribution < -0.4 is 0 Å². The van der Waals surface area contributed by atoms with Gasteiger partial charge in [-0.25, -0.2) is 0 Å². The second-order valence-corrected chi connectivity index (χ2v) is 12.1. The van der Waals surface area contributed by atoms with Crippen LogP contribution in [0.5, 0.6) is 0 Å². The van der Waals surface area contributed by atoms with Gasteiger partial charge in [0.1, 0.15) is 5.76 Å². The summed E-state index contributed by atoms with van der Waals surface area (Å²) >= 11 is 0. The molecule has 0 aromatic carbocycles. The normalized spacial score (nSPS) is 36.7. The molecule has 0 radical (unpaired) electrons. The summed E-state index contributed by atoms with van der Waals surface area (Å²) in [6.45, 7) is 15.4. The summed E-state index contributed by atoms with van der Waals surface area (Å²) in [6.07, 6.45) is 2.20. The molecule has 5 atom stereocenters. The molecule has 2 saturated carbocycles. The Labute approximate surface area is 186 Å². The van der Waals surface area contributed by atoms with Gasteiger partial charge in [-0.2, -0.15) is 0 Å². The summed E-state index contributed by atoms with van der Waals surface area (Å²) in [5.74, 6) is -1.38. The molecule has 31 heavy (non-hydrogen) atoms. The molecule has 0 heterocycles. The Kier molecular flexibility index (Phi) is 5.68. The van der Waals surface area contributed by atoms with Crippen molar-refractivity contribution in [3.05, 3.63) is 23.0 Å². The molecule has 5 heteroatoms. The summed E-state index contributed by atoms with van der Waals surface area (Å²) in [4.78, 5) is 27.2. The van der Waals surface area contributed by atoms with Gasteiger partial charge in [0.15, 0.2) is 11.6 Å². The van der Waals surface area contributed by atoms with Crippen LogP contribution in [0.4, 0.5) is 0 Å². The lowest BCUT2D eigenvalue weighted by Gasteiger charge is -2.44. The summed E-state index contributed by atoms with van der Waals surface area (Å²) < 4.78 is 0. The Hall–Kier alpha value is -1.46. The zero-order chi connectivity index (χ0) is 23.7. The third-order valence-corrected chi connectivity index (χ3v) is 8.50. The molecule has 2 fully saturated rings. The van der Waals surface area contributed by atoms with Crippen molar-refractivity contribution < 1.29 is 24.9 Å². The van der Waals surface area contributed by atoms with E-state index >= 15 is 0 Å². The molecule has 2 unspecified atom stereocenters. The molecule has 0 aliphatic heterocycles. The highest BCUT2D eigenvalue weighted by atomic mass is 16.3. The second-order valence-electron chi connectivity index (χ2n) is 12.1. The van der Waals surface area contributed by atoms with Gasteiger partial charge in [0.2, 0.25) is 0 Å². The molecular formula is C26H40O5. The number of carbonyl (C=O) groups excluding carboxylic acids is 2. The fourth-order valence-corrected chi connectivity index (χ4v) is 7.13. The Balaban J connectivity index is 2.25. The van der Waals surface area contributed by atoms with Crippen LogP contribution in [0.15, 0.2) is 23.0 Å². The van der Waals surface area contributed by atoms with Crippen molar-refractivity contribution in [2.24, 2.45) is 34.0 Å². The van der Waals surface area contributed by atoms with Crippen molar-refractivity contribution in [3.63, 3.8) is 0 Å². The van der Waals surface area contributed by atoms with Gasteiger partial charge >= 0.3 is 0 Å². The van der Waals surface area contributed by atoms with Crippen LogP contribution in [0.3, 0.4) is 0 Å². The molecule has 0 saturated heterocycles. The predicted molar refractivity (Wildman–Crippen MR) is 120 cm³/mol. The molecule has 3 aliphatic carbocycles. The fourth-order valence-electron chi connectivity index (χ4n) is 7.13. The minimum Gasteiger partial charge on any atom is -0.511 e. The van der Waals surface area contributed by atoms with Gasteiger partial charge in [-0.15, -0.1) is 0 Å². The molecule has 0 aromatic rings. The highest BCUT2D eigenvalue weighted by molar-refractivity contribution is 6.24. The highest BCUT2D eigenvalue weighted by Crippen LogP contribution is 2.74. The van der Waals surface area contributed by atoms with E-state index in [1.807, 2.05) is 33.8 Å². The number of hydrogen-bond donors (Lipinski definition) is 3. The number of allylic oxidation sites excluding steroid dienone is 3. The first-order valence-corrected chi connectivity index (χ1v) is 11.6. The van der Waals surface area contributed by atoms with E-state index in [2.05, 4.69) is 13.8 Å². The minimum atomic E-state index is -1.15. The van der Waals surface area contributed by atoms with E-state index in [0.29, 0.717) is 19.3 Å². The Morgan fingerprint density at radius 1 is 1.23 bits per heavy atom. The maximum Gasteiger partial charge on any atom is 0.178 e. The smallest absolute Gasteiger partial charge is 0.178 e. The van der Waals surface area contributed by atoms with Crippen molar-refractivity contribution in [2.45, 2.75) is 92.8 Å². The lowest BCUT2D eigenvalue weighted by molar-refractivity contribution is -0.141. The van der Waals surface area contributed by atoms with Crippen LogP contribution in [-0.4, -0.2) is 38.6 Å². The number of carbonyl (C=O) groups is 2. The van der Waals surface area contributed by atoms with E-state index in [4.69, 9.17) is 0 Å². The highest BCUT2D eigenvalue weighted by Gasteiger charge is 2.77. The average Bonchev–Trinajstić information content (AvgIpc) is 2.97. The Morgan fingerprint density at radius 2 is 1.81 bits per heavy atom. The third-order valence-electron chi connectivity index (χ3n) is 8.50. The number of fused-ring (bicyclic) bond motifs is 1. The molecule has 0 aromatic heterocycles. The number of aliphatic hydroxyl groups excluding tert-OH is 2. The number of hydrogen-bond acceptors (Lipinski definition) is 5. The van der Waals surface area contributed by atoms with Crippen molar-refractivity contribution in [1.29, 1.82) is 0 Å². The van der Waals surface area contributed by atoms with Crippen molar-refractivity contribution in [3.8, 4) is 0 Å². The van der Waals surface area contributed by atoms with E-state index < -0.39 is 33.7 Å². The van der Waals surface area contributed by atoms with Gasteiger partial charge in [0.25, 0.3) is 0 Å². The molecular weight excluding hydrogens is 392 g/mol. The number of rotatable bonds is 6. The number of aliphatic hydroxyl groups is 3. The first-order valence-electron chi connectivity index (χ1n) is 11.6. The van der Waals surface area contributed by atoms with Crippen LogP contribution >= 0.6 is 0 Å². The molecule has 2 bridgehead atoms. The lowest BCUT2D eigenvalue weighted by atomic mass is 9.61. The molecule has 174 valence electrons. The predicted octanol–water partition coefficient (Wildman–Crippen LogP) is 4.52. The van der Waals surface area contributed by atoms with Crippen molar-refractivity contribution in [1.82, 2.24) is 0 Å². The Bertz CT molecular complexity index is 852. The van der Waals surface area contributed by atoms with Gasteiger partial charge in [0, 0.05) is 6.42 Å². The van der Waals surface area contributed by atoms with Gasteiger partial charge in [0.05, 0.1) is 28.1 Å². The van der Waals surface area contributed by atoms with E-state index in [9.17, 15) is 24.9 Å². The summed E-state index contributed by atoms with van der Waals surface area (Å²) in [6, 6.07) is 0. The summed E-state index contributed by atoms with van der Waals surface area (Å²) in [5.41, 5.74) is -2.72. The van der Waals surface area contributed by atoms with Crippen LogP contribution in [0, 0.1) is 34.0 Å². The fraction of sp³-hybridized carbons (Fsp3) is 0.769. The SMILES string of the molecule is CC(C)=CCC12C[C@@H]3C(C)(C)[C@@H](C(C)(C)O)C[C@]3(C(=O)C(C(=O)CC(C)C)=C1O)C2O. The van der Waals surface area contributed by atoms with Crippen LogP contribution in [0.2, 0.25) is 0 Å². The molecule has 3 aliphatic rings. The molecule has 5 nitrogen and oxygen atoms in total. The van der Waals surface area contributed by atoms with Gasteiger partial charge in [-0.3, -0.25) is 9.59 Å². The molecule has 0 amide bonds. The zero-order valence-electron chi connectivity index (χ0n) is 20.4. The quantitative estimate of drug-likeness (QED) is 0.424. The van der Waals surface area contributed by atoms with E-state index in [1.54, 1.807) is 13.8 Å².